The van der Waals surface area contributed by atoms with Gasteiger partial charge in [0, 0.05) is 6.42 Å². The van der Waals surface area contributed by atoms with Gasteiger partial charge in [-0.25, -0.2) is 4.39 Å². The van der Waals surface area contributed by atoms with Gasteiger partial charge in [-0.15, -0.1) is 17.5 Å². The molecule has 0 spiro atoms. The van der Waals surface area contributed by atoms with Gasteiger partial charge in [-0.05, 0) is 6.92 Å². The summed E-state index contributed by atoms with van der Waals surface area (Å²) in [6, 6.07) is 0. The van der Waals surface area contributed by atoms with Crippen molar-refractivity contribution < 1.29 is 4.39 Å². The van der Waals surface area contributed by atoms with E-state index in [1.807, 2.05) is 0 Å². The molecule has 0 bridgehead atoms. The zero-order valence-electron chi connectivity index (χ0n) is 5.75. The molecule has 54 valence electrons. The van der Waals surface area contributed by atoms with E-state index < -0.39 is 6.67 Å². The van der Waals surface area contributed by atoms with Crippen molar-refractivity contribution in [3.63, 3.8) is 0 Å². The fraction of sp³-hybridized carbons (Fsp3) is 0.500. The first-order chi connectivity index (χ1) is 4.81. The van der Waals surface area contributed by atoms with Crippen LogP contribution in [-0.2, 0) is 0 Å². The van der Waals surface area contributed by atoms with E-state index in [-0.39, 0.29) is 5.38 Å². The third-order valence-electron chi connectivity index (χ3n) is 0.774. The molecule has 0 rings (SSSR count). The Kier molecular flexibility index (Phi) is 6.03. The second-order valence-electron chi connectivity index (χ2n) is 1.55. The van der Waals surface area contributed by atoms with Gasteiger partial charge in [0.15, 0.2) is 0 Å². The van der Waals surface area contributed by atoms with Crippen LogP contribution in [0.4, 0.5) is 4.39 Å². The van der Waals surface area contributed by atoms with Crippen molar-refractivity contribution in [2.45, 2.75) is 18.7 Å². The molecule has 0 saturated heterocycles. The highest BCUT2D eigenvalue weighted by molar-refractivity contribution is 6.22. The van der Waals surface area contributed by atoms with Gasteiger partial charge in [0.25, 0.3) is 0 Å². The highest BCUT2D eigenvalue weighted by Gasteiger charge is 1.92. The summed E-state index contributed by atoms with van der Waals surface area (Å²) in [5, 5.41) is -0.260. The average molecular weight is 159 g/mol. The SMILES string of the molecule is CC#CC(Cl)CC#CCF. The molecule has 0 amide bonds. The van der Waals surface area contributed by atoms with Gasteiger partial charge in [0.1, 0.15) is 12.1 Å². The Morgan fingerprint density at radius 2 is 2.20 bits per heavy atom. The molecular weight excluding hydrogens is 151 g/mol. The molecule has 0 radical (unpaired) electrons. The monoisotopic (exact) mass is 158 g/mol. The summed E-state index contributed by atoms with van der Waals surface area (Å²) in [4.78, 5) is 0. The van der Waals surface area contributed by atoms with Crippen LogP contribution in [0.3, 0.4) is 0 Å². The predicted octanol–water partition coefficient (Wildman–Crippen LogP) is 1.98. The Morgan fingerprint density at radius 1 is 1.50 bits per heavy atom. The molecule has 0 N–H and O–H groups in total. The standard InChI is InChI=1S/C8H8ClF/c1-2-5-8(9)6-3-4-7-10/h8H,6-7H2,1H3. The zero-order valence-corrected chi connectivity index (χ0v) is 6.50. The number of hydrogen-bond donors (Lipinski definition) is 0. The molecule has 0 saturated carbocycles. The van der Waals surface area contributed by atoms with Gasteiger partial charge in [-0.1, -0.05) is 17.8 Å². The lowest BCUT2D eigenvalue weighted by Gasteiger charge is -1.89. The first kappa shape index (κ1) is 9.34. The summed E-state index contributed by atoms with van der Waals surface area (Å²) >= 11 is 5.62. The van der Waals surface area contributed by atoms with E-state index in [0.29, 0.717) is 6.42 Å². The summed E-state index contributed by atoms with van der Waals surface area (Å²) in [5.74, 6) is 10.2. The van der Waals surface area contributed by atoms with Gasteiger partial charge in [0.05, 0.1) is 0 Å². The molecule has 0 aliphatic carbocycles. The highest BCUT2D eigenvalue weighted by atomic mass is 35.5. The van der Waals surface area contributed by atoms with E-state index in [2.05, 4.69) is 23.7 Å². The van der Waals surface area contributed by atoms with E-state index in [1.165, 1.54) is 0 Å². The summed E-state index contributed by atoms with van der Waals surface area (Å²) in [7, 11) is 0. The number of alkyl halides is 2. The van der Waals surface area contributed by atoms with Crippen molar-refractivity contribution in [3.05, 3.63) is 0 Å². The predicted molar refractivity (Wildman–Crippen MR) is 41.5 cm³/mol. The van der Waals surface area contributed by atoms with Gasteiger partial charge < -0.3 is 0 Å². The Balaban J connectivity index is 3.55. The number of halogens is 2. The van der Waals surface area contributed by atoms with Crippen molar-refractivity contribution in [1.82, 2.24) is 0 Å². The molecule has 0 aliphatic rings. The second kappa shape index (κ2) is 6.46. The van der Waals surface area contributed by atoms with Gasteiger partial charge in [0.2, 0.25) is 0 Å². The molecule has 0 aromatic heterocycles. The topological polar surface area (TPSA) is 0 Å². The van der Waals surface area contributed by atoms with E-state index in [4.69, 9.17) is 11.6 Å². The maximum atomic E-state index is 11.4. The quantitative estimate of drug-likeness (QED) is 0.405. The lowest BCUT2D eigenvalue weighted by molar-refractivity contribution is 0.573. The average Bonchev–Trinajstić information content (AvgIpc) is 1.89. The molecule has 0 fully saturated rings. The third-order valence-corrected chi connectivity index (χ3v) is 1.04. The third kappa shape index (κ3) is 5.48. The van der Waals surface area contributed by atoms with Crippen LogP contribution in [0, 0.1) is 23.7 Å². The fourth-order valence-electron chi connectivity index (χ4n) is 0.417. The van der Waals surface area contributed by atoms with Crippen LogP contribution in [0.25, 0.3) is 0 Å². The molecule has 10 heavy (non-hydrogen) atoms. The first-order valence-corrected chi connectivity index (χ1v) is 3.33. The normalized spacial score (nSPS) is 10.3. The summed E-state index contributed by atoms with van der Waals surface area (Å²) < 4.78 is 11.4. The Morgan fingerprint density at radius 3 is 2.70 bits per heavy atom. The van der Waals surface area contributed by atoms with Crippen molar-refractivity contribution >= 4 is 11.6 Å². The molecular formula is C8H8ClF. The van der Waals surface area contributed by atoms with E-state index >= 15 is 0 Å². The van der Waals surface area contributed by atoms with E-state index in [9.17, 15) is 4.39 Å². The van der Waals surface area contributed by atoms with E-state index in [1.54, 1.807) is 6.92 Å². The van der Waals surface area contributed by atoms with Crippen LogP contribution < -0.4 is 0 Å². The summed E-state index contributed by atoms with van der Waals surface area (Å²) in [6.07, 6.45) is 0.437. The summed E-state index contributed by atoms with van der Waals surface area (Å²) in [6.45, 7) is 1.10. The fourth-order valence-corrected chi connectivity index (χ4v) is 0.603. The van der Waals surface area contributed by atoms with Gasteiger partial charge in [-0.3, -0.25) is 0 Å². The molecule has 0 aliphatic heterocycles. The van der Waals surface area contributed by atoms with Crippen LogP contribution in [-0.4, -0.2) is 12.1 Å². The molecule has 1 atom stereocenters. The molecule has 1 unspecified atom stereocenters. The Hall–Kier alpha value is -0.660. The Bertz CT molecular complexity index is 189. The van der Waals surface area contributed by atoms with Crippen LogP contribution in [0.5, 0.6) is 0 Å². The number of rotatable bonds is 1. The maximum Gasteiger partial charge on any atom is 0.150 e. The van der Waals surface area contributed by atoms with Crippen LogP contribution in [0.1, 0.15) is 13.3 Å². The second-order valence-corrected chi connectivity index (χ2v) is 2.08. The van der Waals surface area contributed by atoms with Crippen molar-refractivity contribution in [3.8, 4) is 23.7 Å². The van der Waals surface area contributed by atoms with Crippen molar-refractivity contribution in [2.24, 2.45) is 0 Å². The largest absolute Gasteiger partial charge is 0.237 e. The molecule has 2 heteroatoms. The summed E-state index contributed by atoms with van der Waals surface area (Å²) in [5.41, 5.74) is 0. The molecule has 0 heterocycles. The molecule has 0 nitrogen and oxygen atoms in total. The molecule has 0 aromatic rings. The minimum atomic E-state index is -0.608. The first-order valence-electron chi connectivity index (χ1n) is 2.89. The maximum absolute atomic E-state index is 11.4. The lowest BCUT2D eigenvalue weighted by Crippen LogP contribution is -1.90. The molecule has 0 aromatic carbocycles. The Labute approximate surface area is 65.8 Å². The lowest BCUT2D eigenvalue weighted by atomic mass is 10.3. The van der Waals surface area contributed by atoms with E-state index in [0.717, 1.165) is 0 Å². The van der Waals surface area contributed by atoms with Crippen molar-refractivity contribution in [1.29, 1.82) is 0 Å². The van der Waals surface area contributed by atoms with Crippen LogP contribution in [0.2, 0.25) is 0 Å². The van der Waals surface area contributed by atoms with Crippen molar-refractivity contribution in [2.75, 3.05) is 6.67 Å². The van der Waals surface area contributed by atoms with Crippen LogP contribution >= 0.6 is 11.6 Å². The smallest absolute Gasteiger partial charge is 0.150 e. The van der Waals surface area contributed by atoms with Gasteiger partial charge >= 0.3 is 0 Å². The highest BCUT2D eigenvalue weighted by Crippen LogP contribution is 1.97. The minimum Gasteiger partial charge on any atom is -0.237 e. The van der Waals surface area contributed by atoms with Crippen LogP contribution in [0.15, 0.2) is 0 Å². The minimum absolute atomic E-state index is 0.260. The van der Waals surface area contributed by atoms with Gasteiger partial charge in [-0.2, -0.15) is 0 Å². The zero-order chi connectivity index (χ0) is 7.82. The number of hydrogen-bond acceptors (Lipinski definition) is 0.